The van der Waals surface area contributed by atoms with Crippen LogP contribution in [0.5, 0.6) is 0 Å². The summed E-state index contributed by atoms with van der Waals surface area (Å²) >= 11 is 0.853. The number of carboxylic acid groups (broad SMARTS) is 1. The fraction of sp³-hybridized carbons (Fsp3) is 0.571. The number of aromatic nitrogens is 2. The Morgan fingerprint density at radius 3 is 2.70 bits per heavy atom. The van der Waals surface area contributed by atoms with Crippen molar-refractivity contribution in [1.29, 1.82) is 0 Å². The van der Waals surface area contributed by atoms with Crippen LogP contribution in [0.25, 0.3) is 0 Å². The zero-order valence-corrected chi connectivity index (χ0v) is 13.6. The van der Waals surface area contributed by atoms with E-state index in [1.54, 1.807) is 6.20 Å². The summed E-state index contributed by atoms with van der Waals surface area (Å²) < 4.78 is 0. The van der Waals surface area contributed by atoms with E-state index in [0.717, 1.165) is 17.5 Å². The van der Waals surface area contributed by atoms with E-state index in [9.17, 15) is 14.4 Å². The van der Waals surface area contributed by atoms with E-state index in [0.29, 0.717) is 25.8 Å². The molecule has 1 rings (SSSR count). The van der Waals surface area contributed by atoms with Gasteiger partial charge in [0.15, 0.2) is 5.12 Å². The van der Waals surface area contributed by atoms with E-state index < -0.39 is 17.9 Å². The Hall–Kier alpha value is -1.71. The number of rotatable bonds is 11. The summed E-state index contributed by atoms with van der Waals surface area (Å²) in [6, 6.07) is -1.11. The van der Waals surface area contributed by atoms with E-state index in [4.69, 9.17) is 16.6 Å². The van der Waals surface area contributed by atoms with Gasteiger partial charge >= 0.3 is 5.97 Å². The normalized spacial score (nSPS) is 13.5. The number of aromatic amines is 1. The molecule has 0 aromatic carbocycles. The lowest BCUT2D eigenvalue weighted by atomic mass is 9.96. The number of nitrogens with zero attached hydrogens (tertiary/aromatic N) is 1. The molecule has 0 saturated heterocycles. The molecule has 0 fully saturated rings. The van der Waals surface area contributed by atoms with Gasteiger partial charge in [0.05, 0.1) is 6.33 Å². The fourth-order valence-electron chi connectivity index (χ4n) is 1.94. The fourth-order valence-corrected chi connectivity index (χ4v) is 2.83. The molecule has 1 unspecified atom stereocenters. The molecule has 1 aromatic rings. The van der Waals surface area contributed by atoms with Gasteiger partial charge in [-0.2, -0.15) is 0 Å². The van der Waals surface area contributed by atoms with Crippen molar-refractivity contribution in [2.24, 2.45) is 17.4 Å². The van der Waals surface area contributed by atoms with Gasteiger partial charge in [0, 0.05) is 42.8 Å². The van der Waals surface area contributed by atoms with Gasteiger partial charge in [0.2, 0.25) is 0 Å². The number of nitrogens with one attached hydrogen (secondary N) is 1. The number of imidazole rings is 1. The standard InChI is InChI=1S/C14H22N4O4S/c15-3-1-2-11(19)5-9(4-10-6-17-8-18-10)14(22)23-7-12(16)13(20)21/h6,8-9,12H,1-5,7,15-16H2,(H,17,18)(H,20,21)/t9-,12?/m1/s1. The second-order valence-electron chi connectivity index (χ2n) is 5.19. The van der Waals surface area contributed by atoms with Crippen molar-refractivity contribution in [3.8, 4) is 0 Å². The topological polar surface area (TPSA) is 152 Å². The van der Waals surface area contributed by atoms with E-state index in [-0.39, 0.29) is 23.1 Å². The summed E-state index contributed by atoms with van der Waals surface area (Å²) in [5.41, 5.74) is 11.5. The minimum Gasteiger partial charge on any atom is -0.480 e. The Bertz CT molecular complexity index is 521. The van der Waals surface area contributed by atoms with Gasteiger partial charge in [-0.1, -0.05) is 11.8 Å². The molecule has 0 aliphatic rings. The van der Waals surface area contributed by atoms with E-state index in [1.807, 2.05) is 0 Å². The van der Waals surface area contributed by atoms with Gasteiger partial charge in [-0.05, 0) is 13.0 Å². The third-order valence-electron chi connectivity index (χ3n) is 3.21. The number of carbonyl (C=O) groups is 3. The van der Waals surface area contributed by atoms with Crippen LogP contribution >= 0.6 is 11.8 Å². The zero-order chi connectivity index (χ0) is 17.2. The van der Waals surface area contributed by atoms with Crippen LogP contribution < -0.4 is 11.5 Å². The number of Topliss-reactive ketones (excluding diaryl/α,β-unsaturated/α-hetero) is 1. The lowest BCUT2D eigenvalue weighted by molar-refractivity contribution is -0.137. The molecule has 9 heteroatoms. The lowest BCUT2D eigenvalue weighted by Crippen LogP contribution is -2.33. The zero-order valence-electron chi connectivity index (χ0n) is 12.7. The summed E-state index contributed by atoms with van der Waals surface area (Å²) in [6.45, 7) is 0.424. The van der Waals surface area contributed by atoms with Gasteiger partial charge in [-0.15, -0.1) is 0 Å². The van der Waals surface area contributed by atoms with Crippen LogP contribution in [-0.4, -0.2) is 50.3 Å². The Morgan fingerprint density at radius 1 is 1.39 bits per heavy atom. The summed E-state index contributed by atoms with van der Waals surface area (Å²) in [4.78, 5) is 41.7. The van der Waals surface area contributed by atoms with Crippen LogP contribution in [-0.2, 0) is 20.8 Å². The number of aliphatic carboxylic acids is 1. The van der Waals surface area contributed by atoms with Crippen molar-refractivity contribution in [2.75, 3.05) is 12.3 Å². The second kappa shape index (κ2) is 10.1. The first-order valence-electron chi connectivity index (χ1n) is 7.28. The van der Waals surface area contributed by atoms with Crippen molar-refractivity contribution >= 4 is 28.6 Å². The number of carboxylic acids is 1. The number of nitrogens with two attached hydrogens (primary N) is 2. The largest absolute Gasteiger partial charge is 0.480 e. The van der Waals surface area contributed by atoms with Crippen molar-refractivity contribution in [1.82, 2.24) is 9.97 Å². The molecule has 6 N–H and O–H groups in total. The highest BCUT2D eigenvalue weighted by Gasteiger charge is 2.24. The number of hydrogen-bond donors (Lipinski definition) is 4. The molecule has 2 atom stereocenters. The molecule has 0 spiro atoms. The van der Waals surface area contributed by atoms with Crippen molar-refractivity contribution < 1.29 is 19.5 Å². The molecule has 23 heavy (non-hydrogen) atoms. The van der Waals surface area contributed by atoms with Gasteiger partial charge in [0.1, 0.15) is 11.8 Å². The minimum absolute atomic E-state index is 0.0232. The van der Waals surface area contributed by atoms with E-state index in [1.165, 1.54) is 6.33 Å². The predicted octanol–water partition coefficient (Wildman–Crippen LogP) is -0.0618. The Morgan fingerprint density at radius 2 is 2.13 bits per heavy atom. The number of hydrogen-bond acceptors (Lipinski definition) is 7. The first-order chi connectivity index (χ1) is 10.9. The highest BCUT2D eigenvalue weighted by molar-refractivity contribution is 8.13. The van der Waals surface area contributed by atoms with Gasteiger partial charge in [-0.25, -0.2) is 4.98 Å². The summed E-state index contributed by atoms with van der Waals surface area (Å²) in [5.74, 6) is -1.75. The van der Waals surface area contributed by atoms with Gasteiger partial charge < -0.3 is 21.6 Å². The Kier molecular flexibility index (Phi) is 8.52. The number of H-pyrrole nitrogens is 1. The first-order valence-corrected chi connectivity index (χ1v) is 8.26. The molecular formula is C14H22N4O4S. The average molecular weight is 342 g/mol. The summed E-state index contributed by atoms with van der Waals surface area (Å²) in [6.07, 6.45) is 4.47. The molecule has 0 amide bonds. The maximum Gasteiger partial charge on any atom is 0.321 e. The van der Waals surface area contributed by atoms with Crippen LogP contribution in [0, 0.1) is 5.92 Å². The SMILES string of the molecule is NCCCC(=O)C[C@@H](Cc1cnc[nH]1)C(=O)SCC(N)C(=O)O. The molecule has 0 aliphatic carbocycles. The molecule has 0 bridgehead atoms. The summed E-state index contributed by atoms with van der Waals surface area (Å²) in [5, 5.41) is 8.52. The first kappa shape index (κ1) is 19.3. The average Bonchev–Trinajstić information content (AvgIpc) is 3.02. The van der Waals surface area contributed by atoms with Crippen LogP contribution in [0.2, 0.25) is 0 Å². The van der Waals surface area contributed by atoms with Gasteiger partial charge in [0.25, 0.3) is 0 Å². The summed E-state index contributed by atoms with van der Waals surface area (Å²) in [7, 11) is 0. The monoisotopic (exact) mass is 342 g/mol. The molecular weight excluding hydrogens is 320 g/mol. The number of thioether (sulfide) groups is 1. The smallest absolute Gasteiger partial charge is 0.321 e. The van der Waals surface area contributed by atoms with E-state index in [2.05, 4.69) is 9.97 Å². The Labute approximate surface area is 138 Å². The number of carbonyl (C=O) groups excluding carboxylic acids is 2. The minimum atomic E-state index is -1.16. The third kappa shape index (κ3) is 7.40. The van der Waals surface area contributed by atoms with Crippen molar-refractivity contribution in [3.05, 3.63) is 18.2 Å². The lowest BCUT2D eigenvalue weighted by Gasteiger charge is -2.14. The van der Waals surface area contributed by atoms with Crippen LogP contribution in [0.1, 0.15) is 25.0 Å². The van der Waals surface area contributed by atoms with Crippen LogP contribution in [0.3, 0.4) is 0 Å². The molecule has 0 aliphatic heterocycles. The third-order valence-corrected chi connectivity index (χ3v) is 4.35. The Balaban J connectivity index is 2.63. The molecule has 1 heterocycles. The highest BCUT2D eigenvalue weighted by atomic mass is 32.2. The molecule has 1 aromatic heterocycles. The maximum absolute atomic E-state index is 12.3. The molecule has 0 radical (unpaired) electrons. The predicted molar refractivity (Wildman–Crippen MR) is 86.8 cm³/mol. The molecule has 128 valence electrons. The second-order valence-corrected chi connectivity index (χ2v) is 6.21. The van der Waals surface area contributed by atoms with Crippen molar-refractivity contribution in [2.45, 2.75) is 31.7 Å². The quantitative estimate of drug-likeness (QED) is 0.436. The number of ketones is 1. The molecule has 0 saturated carbocycles. The van der Waals surface area contributed by atoms with Crippen LogP contribution in [0.15, 0.2) is 12.5 Å². The highest BCUT2D eigenvalue weighted by Crippen LogP contribution is 2.21. The van der Waals surface area contributed by atoms with Crippen LogP contribution in [0.4, 0.5) is 0 Å². The van der Waals surface area contributed by atoms with Gasteiger partial charge in [-0.3, -0.25) is 14.4 Å². The molecule has 8 nitrogen and oxygen atoms in total. The van der Waals surface area contributed by atoms with E-state index >= 15 is 0 Å². The maximum atomic E-state index is 12.3. The van der Waals surface area contributed by atoms with Crippen molar-refractivity contribution in [3.63, 3.8) is 0 Å².